The molecule has 2 rings (SSSR count). The molecule has 19 heavy (non-hydrogen) atoms. The zero-order valence-electron chi connectivity index (χ0n) is 10.2. The van der Waals surface area contributed by atoms with Crippen molar-refractivity contribution in [3.05, 3.63) is 69.6 Å². The summed E-state index contributed by atoms with van der Waals surface area (Å²) in [6.07, 6.45) is 0. The third kappa shape index (κ3) is 3.53. The Morgan fingerprint density at radius 2 is 1.89 bits per heavy atom. The Hall–Kier alpha value is -2.40. The maximum absolute atomic E-state index is 11.8. The van der Waals surface area contributed by atoms with E-state index >= 15 is 0 Å². The lowest BCUT2D eigenvalue weighted by Gasteiger charge is -2.06. The van der Waals surface area contributed by atoms with Crippen molar-refractivity contribution < 1.29 is 9.90 Å². The maximum atomic E-state index is 11.8. The molecular weight excluding hydrogens is 244 g/mol. The first-order valence-electron chi connectivity index (χ1n) is 5.85. The second kappa shape index (κ2) is 5.97. The van der Waals surface area contributed by atoms with Crippen LogP contribution >= 0.6 is 0 Å². The van der Waals surface area contributed by atoms with Crippen LogP contribution in [0.1, 0.15) is 21.6 Å². The number of carbonyl (C=O) groups excluding carboxylic acids is 1. The molecule has 2 aromatic rings. The molecule has 98 valence electrons. The molecule has 1 aromatic carbocycles. The van der Waals surface area contributed by atoms with Gasteiger partial charge in [-0.15, -0.1) is 0 Å². The number of carbonyl (C=O) groups is 1. The molecule has 0 aliphatic carbocycles. The Balaban J connectivity index is 2.02. The minimum absolute atomic E-state index is 0.0339. The smallest absolute Gasteiger partial charge is 0.268 e. The lowest BCUT2D eigenvalue weighted by atomic mass is 10.1. The highest BCUT2D eigenvalue weighted by Gasteiger charge is 2.05. The van der Waals surface area contributed by atoms with Crippen LogP contribution in [0.15, 0.2) is 47.3 Å². The standard InChI is InChI=1S/C14H14N2O3/c17-9-11-4-1-3-10(7-11)8-15-14(19)12-5-2-6-13(18)16-12/h1-7,17H,8-9H2,(H,15,19)(H,16,18). The molecule has 0 bridgehead atoms. The lowest BCUT2D eigenvalue weighted by Crippen LogP contribution is -2.25. The third-order valence-corrected chi connectivity index (χ3v) is 2.64. The van der Waals surface area contributed by atoms with Crippen LogP contribution in [0.5, 0.6) is 0 Å². The molecule has 0 saturated heterocycles. The quantitative estimate of drug-likeness (QED) is 0.758. The zero-order valence-corrected chi connectivity index (χ0v) is 10.2. The van der Waals surface area contributed by atoms with Crippen molar-refractivity contribution in [2.45, 2.75) is 13.2 Å². The fourth-order valence-electron chi connectivity index (χ4n) is 1.70. The van der Waals surface area contributed by atoms with Gasteiger partial charge in [0.1, 0.15) is 5.69 Å². The van der Waals surface area contributed by atoms with Gasteiger partial charge in [-0.2, -0.15) is 0 Å². The highest BCUT2D eigenvalue weighted by Crippen LogP contribution is 2.05. The Morgan fingerprint density at radius 1 is 1.16 bits per heavy atom. The molecule has 0 radical (unpaired) electrons. The summed E-state index contributed by atoms with van der Waals surface area (Å²) in [5.41, 5.74) is 1.60. The van der Waals surface area contributed by atoms with Gasteiger partial charge in [-0.3, -0.25) is 9.59 Å². The number of aromatic amines is 1. The molecule has 0 unspecified atom stereocenters. The van der Waals surface area contributed by atoms with E-state index in [0.717, 1.165) is 11.1 Å². The van der Waals surface area contributed by atoms with Crippen LogP contribution in [0.25, 0.3) is 0 Å². The van der Waals surface area contributed by atoms with Gasteiger partial charge >= 0.3 is 0 Å². The van der Waals surface area contributed by atoms with Gasteiger partial charge in [0.05, 0.1) is 6.61 Å². The molecule has 0 aliphatic rings. The van der Waals surface area contributed by atoms with E-state index in [2.05, 4.69) is 10.3 Å². The predicted octanol–water partition coefficient (Wildman–Crippen LogP) is 0.797. The summed E-state index contributed by atoms with van der Waals surface area (Å²) in [7, 11) is 0. The summed E-state index contributed by atoms with van der Waals surface area (Å²) in [5, 5.41) is 11.7. The van der Waals surface area contributed by atoms with Gasteiger partial charge < -0.3 is 15.4 Å². The molecule has 1 amide bonds. The number of pyridine rings is 1. The molecule has 0 atom stereocenters. The Bertz CT molecular complexity index is 634. The normalized spacial score (nSPS) is 10.2. The Labute approximate surface area is 109 Å². The van der Waals surface area contributed by atoms with Crippen molar-refractivity contribution in [2.24, 2.45) is 0 Å². The summed E-state index contributed by atoms with van der Waals surface area (Å²) in [5.74, 6) is -0.341. The number of amides is 1. The highest BCUT2D eigenvalue weighted by molar-refractivity contribution is 5.92. The van der Waals surface area contributed by atoms with Gasteiger partial charge in [0, 0.05) is 12.6 Å². The average Bonchev–Trinajstić information content (AvgIpc) is 2.45. The molecule has 0 fully saturated rings. The van der Waals surface area contributed by atoms with Crippen molar-refractivity contribution in [1.82, 2.24) is 10.3 Å². The predicted molar refractivity (Wildman–Crippen MR) is 70.6 cm³/mol. The van der Waals surface area contributed by atoms with Crippen LogP contribution in [0.2, 0.25) is 0 Å². The largest absolute Gasteiger partial charge is 0.392 e. The minimum Gasteiger partial charge on any atom is -0.392 e. The average molecular weight is 258 g/mol. The summed E-state index contributed by atoms with van der Waals surface area (Å²) in [6.45, 7) is 0.303. The summed E-state index contributed by atoms with van der Waals surface area (Å²) < 4.78 is 0. The number of nitrogens with one attached hydrogen (secondary N) is 2. The van der Waals surface area contributed by atoms with E-state index in [9.17, 15) is 9.59 Å². The van der Waals surface area contributed by atoms with E-state index in [-0.39, 0.29) is 23.8 Å². The van der Waals surface area contributed by atoms with Crippen LogP contribution in [0.3, 0.4) is 0 Å². The number of benzene rings is 1. The molecule has 0 spiro atoms. The van der Waals surface area contributed by atoms with Crippen molar-refractivity contribution in [3.63, 3.8) is 0 Å². The monoisotopic (exact) mass is 258 g/mol. The zero-order chi connectivity index (χ0) is 13.7. The topological polar surface area (TPSA) is 82.2 Å². The molecule has 3 N–H and O–H groups in total. The maximum Gasteiger partial charge on any atom is 0.268 e. The number of hydrogen-bond acceptors (Lipinski definition) is 3. The SMILES string of the molecule is O=C(NCc1cccc(CO)c1)c1cccc(=O)[nH]1. The second-order valence-electron chi connectivity index (χ2n) is 4.09. The van der Waals surface area contributed by atoms with Gasteiger partial charge in [-0.25, -0.2) is 0 Å². The van der Waals surface area contributed by atoms with Gasteiger partial charge in [0.15, 0.2) is 0 Å². The van der Waals surface area contributed by atoms with Crippen molar-refractivity contribution in [2.75, 3.05) is 0 Å². The second-order valence-corrected chi connectivity index (χ2v) is 4.09. The summed E-state index contributed by atoms with van der Waals surface area (Å²) in [6, 6.07) is 11.7. The van der Waals surface area contributed by atoms with Crippen molar-refractivity contribution in [3.8, 4) is 0 Å². The van der Waals surface area contributed by atoms with Gasteiger partial charge in [-0.05, 0) is 17.2 Å². The van der Waals surface area contributed by atoms with E-state index in [1.165, 1.54) is 12.1 Å². The first kappa shape index (κ1) is 13.0. The van der Waals surface area contributed by atoms with Crippen LogP contribution in [0.4, 0.5) is 0 Å². The molecule has 0 saturated carbocycles. The number of aromatic nitrogens is 1. The number of H-pyrrole nitrogens is 1. The summed E-state index contributed by atoms with van der Waals surface area (Å²) >= 11 is 0. The third-order valence-electron chi connectivity index (χ3n) is 2.64. The van der Waals surface area contributed by atoms with E-state index in [1.807, 2.05) is 18.2 Å². The molecule has 1 heterocycles. The first-order valence-corrected chi connectivity index (χ1v) is 5.85. The molecular formula is C14H14N2O3. The number of hydrogen-bond donors (Lipinski definition) is 3. The Kier molecular flexibility index (Phi) is 4.10. The van der Waals surface area contributed by atoms with Crippen molar-refractivity contribution in [1.29, 1.82) is 0 Å². The highest BCUT2D eigenvalue weighted by atomic mass is 16.3. The number of rotatable bonds is 4. The molecule has 0 aliphatic heterocycles. The van der Waals surface area contributed by atoms with Crippen LogP contribution in [-0.2, 0) is 13.2 Å². The fourth-order valence-corrected chi connectivity index (χ4v) is 1.70. The van der Waals surface area contributed by atoms with Crippen LogP contribution < -0.4 is 10.9 Å². The Morgan fingerprint density at radius 3 is 2.63 bits per heavy atom. The number of aliphatic hydroxyl groups is 1. The van der Waals surface area contributed by atoms with E-state index in [0.29, 0.717) is 6.54 Å². The van der Waals surface area contributed by atoms with Crippen molar-refractivity contribution >= 4 is 5.91 Å². The van der Waals surface area contributed by atoms with Gasteiger partial charge in [0.2, 0.25) is 5.56 Å². The first-order chi connectivity index (χ1) is 9.19. The molecule has 5 heteroatoms. The fraction of sp³-hybridized carbons (Fsp3) is 0.143. The molecule has 1 aromatic heterocycles. The minimum atomic E-state index is -0.341. The van der Waals surface area contributed by atoms with E-state index in [1.54, 1.807) is 12.1 Å². The molecule has 5 nitrogen and oxygen atoms in total. The van der Waals surface area contributed by atoms with Gasteiger partial charge in [-0.1, -0.05) is 30.3 Å². The van der Waals surface area contributed by atoms with E-state index in [4.69, 9.17) is 5.11 Å². The van der Waals surface area contributed by atoms with Crippen LogP contribution in [0, 0.1) is 0 Å². The number of aliphatic hydroxyl groups excluding tert-OH is 1. The van der Waals surface area contributed by atoms with E-state index < -0.39 is 0 Å². The summed E-state index contributed by atoms with van der Waals surface area (Å²) in [4.78, 5) is 25.3. The van der Waals surface area contributed by atoms with Gasteiger partial charge in [0.25, 0.3) is 5.91 Å². The lowest BCUT2D eigenvalue weighted by molar-refractivity contribution is 0.0945. The van der Waals surface area contributed by atoms with Crippen LogP contribution in [-0.4, -0.2) is 16.0 Å².